The van der Waals surface area contributed by atoms with Crippen LogP contribution < -0.4 is 10.5 Å². The van der Waals surface area contributed by atoms with Gasteiger partial charge in [-0.2, -0.15) is 13.2 Å². The average molecular weight is 273 g/mol. The van der Waals surface area contributed by atoms with Gasteiger partial charge in [-0.1, -0.05) is 0 Å². The van der Waals surface area contributed by atoms with Crippen molar-refractivity contribution in [3.63, 3.8) is 0 Å². The van der Waals surface area contributed by atoms with Crippen molar-refractivity contribution in [1.82, 2.24) is 0 Å². The van der Waals surface area contributed by atoms with Crippen molar-refractivity contribution in [1.29, 1.82) is 0 Å². The molecule has 0 atom stereocenters. The lowest BCUT2D eigenvalue weighted by atomic mass is 10.2. The van der Waals surface area contributed by atoms with Gasteiger partial charge >= 0.3 is 6.18 Å². The summed E-state index contributed by atoms with van der Waals surface area (Å²) in [6.45, 7) is 1.78. The molecular formula is C12H10F3NOS. The molecule has 2 aromatic rings. The van der Waals surface area contributed by atoms with Crippen LogP contribution in [-0.2, 0) is 6.18 Å². The van der Waals surface area contributed by atoms with Crippen LogP contribution in [-0.4, -0.2) is 0 Å². The van der Waals surface area contributed by atoms with Crippen LogP contribution in [0.3, 0.4) is 0 Å². The van der Waals surface area contributed by atoms with Crippen LogP contribution in [0.15, 0.2) is 29.6 Å². The van der Waals surface area contributed by atoms with Crippen molar-refractivity contribution >= 4 is 17.0 Å². The summed E-state index contributed by atoms with van der Waals surface area (Å²) in [6.07, 6.45) is -4.34. The number of halogens is 3. The highest BCUT2D eigenvalue weighted by Crippen LogP contribution is 2.38. The molecule has 0 radical (unpaired) electrons. The third-order valence-electron chi connectivity index (χ3n) is 2.31. The van der Waals surface area contributed by atoms with Crippen molar-refractivity contribution in [2.24, 2.45) is 0 Å². The molecule has 6 heteroatoms. The van der Waals surface area contributed by atoms with Gasteiger partial charge in [0.15, 0.2) is 5.06 Å². The Balaban J connectivity index is 2.21. The smallest absolute Gasteiger partial charge is 0.417 e. The van der Waals surface area contributed by atoms with Crippen LogP contribution in [0.1, 0.15) is 11.1 Å². The summed E-state index contributed by atoms with van der Waals surface area (Å²) >= 11 is 0.911. The molecule has 0 amide bonds. The largest absolute Gasteiger partial charge is 0.446 e. The molecule has 0 aliphatic rings. The first kappa shape index (κ1) is 12.8. The number of hydrogen-bond donors (Lipinski definition) is 1. The lowest BCUT2D eigenvalue weighted by Crippen LogP contribution is -2.01. The Morgan fingerprint density at radius 3 is 2.50 bits per heavy atom. The highest BCUT2D eigenvalue weighted by molar-refractivity contribution is 7.12. The molecule has 1 aromatic heterocycles. The molecule has 0 spiro atoms. The van der Waals surface area contributed by atoms with Gasteiger partial charge in [0.05, 0.1) is 5.56 Å². The average Bonchev–Trinajstić information content (AvgIpc) is 2.70. The topological polar surface area (TPSA) is 35.2 Å². The predicted octanol–water partition coefficient (Wildman–Crippen LogP) is 4.45. The third-order valence-corrected chi connectivity index (χ3v) is 3.12. The van der Waals surface area contributed by atoms with E-state index in [2.05, 4.69) is 0 Å². The maximum atomic E-state index is 12.4. The standard InChI is InChI=1S/C12H10F3NOS/c1-7-4-9(16)2-3-10(7)17-11-5-8(6-18-11)12(13,14)15/h2-6H,16H2,1H3. The van der Waals surface area contributed by atoms with Crippen molar-refractivity contribution in [2.75, 3.05) is 5.73 Å². The predicted molar refractivity (Wildman–Crippen MR) is 65.0 cm³/mol. The number of benzene rings is 1. The van der Waals surface area contributed by atoms with E-state index in [-0.39, 0.29) is 5.06 Å². The zero-order valence-corrected chi connectivity index (χ0v) is 10.2. The molecule has 0 saturated carbocycles. The van der Waals surface area contributed by atoms with Gasteiger partial charge in [0.2, 0.25) is 0 Å². The van der Waals surface area contributed by atoms with Crippen LogP contribution >= 0.6 is 11.3 Å². The van der Waals surface area contributed by atoms with Gasteiger partial charge in [0.1, 0.15) is 5.75 Å². The van der Waals surface area contributed by atoms with Crippen molar-refractivity contribution in [2.45, 2.75) is 13.1 Å². The molecular weight excluding hydrogens is 263 g/mol. The van der Waals surface area contributed by atoms with Crippen molar-refractivity contribution < 1.29 is 17.9 Å². The minimum atomic E-state index is -4.34. The van der Waals surface area contributed by atoms with Gasteiger partial charge in [-0.3, -0.25) is 0 Å². The van der Waals surface area contributed by atoms with Gasteiger partial charge in [-0.25, -0.2) is 0 Å². The first-order valence-corrected chi connectivity index (χ1v) is 5.94. The first-order chi connectivity index (χ1) is 8.36. The minimum absolute atomic E-state index is 0.204. The van der Waals surface area contributed by atoms with Gasteiger partial charge in [0, 0.05) is 17.1 Å². The van der Waals surface area contributed by atoms with E-state index in [4.69, 9.17) is 10.5 Å². The summed E-state index contributed by atoms with van der Waals surface area (Å²) < 4.78 is 42.6. The van der Waals surface area contributed by atoms with Crippen LogP contribution in [0.4, 0.5) is 18.9 Å². The van der Waals surface area contributed by atoms with E-state index in [1.165, 1.54) is 0 Å². The maximum absolute atomic E-state index is 12.4. The summed E-state index contributed by atoms with van der Waals surface area (Å²) in [4.78, 5) is 0. The molecule has 0 saturated heterocycles. The molecule has 2 nitrogen and oxygen atoms in total. The Morgan fingerprint density at radius 1 is 1.22 bits per heavy atom. The Kier molecular flexibility index (Phi) is 3.21. The normalized spacial score (nSPS) is 11.6. The molecule has 2 N–H and O–H groups in total. The minimum Gasteiger partial charge on any atom is -0.446 e. The number of nitrogens with two attached hydrogens (primary N) is 1. The molecule has 18 heavy (non-hydrogen) atoms. The molecule has 1 heterocycles. The molecule has 2 rings (SSSR count). The maximum Gasteiger partial charge on any atom is 0.417 e. The van der Waals surface area contributed by atoms with Gasteiger partial charge in [-0.05, 0) is 30.7 Å². The number of anilines is 1. The summed E-state index contributed by atoms with van der Waals surface area (Å²) in [5.41, 5.74) is 6.24. The molecule has 0 bridgehead atoms. The van der Waals surface area contributed by atoms with Gasteiger partial charge in [0.25, 0.3) is 0 Å². The van der Waals surface area contributed by atoms with Crippen LogP contribution in [0.2, 0.25) is 0 Å². The van der Waals surface area contributed by atoms with Crippen LogP contribution in [0.5, 0.6) is 10.8 Å². The Bertz CT molecular complexity index is 563. The molecule has 0 unspecified atom stereocenters. The fourth-order valence-electron chi connectivity index (χ4n) is 1.41. The van der Waals surface area contributed by atoms with E-state index < -0.39 is 11.7 Å². The van der Waals surface area contributed by atoms with Crippen molar-refractivity contribution in [3.8, 4) is 10.8 Å². The van der Waals surface area contributed by atoms with Crippen LogP contribution in [0, 0.1) is 6.92 Å². The van der Waals surface area contributed by atoms with E-state index in [1.807, 2.05) is 0 Å². The Labute approximate surface area is 106 Å². The second-order valence-electron chi connectivity index (χ2n) is 3.78. The molecule has 96 valence electrons. The first-order valence-electron chi connectivity index (χ1n) is 5.06. The summed E-state index contributed by atoms with van der Waals surface area (Å²) in [6, 6.07) is 5.96. The number of rotatable bonds is 2. The number of ether oxygens (including phenoxy) is 1. The molecule has 1 aromatic carbocycles. The Morgan fingerprint density at radius 2 is 1.94 bits per heavy atom. The highest BCUT2D eigenvalue weighted by atomic mass is 32.1. The van der Waals surface area contributed by atoms with E-state index in [0.29, 0.717) is 11.4 Å². The number of alkyl halides is 3. The monoisotopic (exact) mass is 273 g/mol. The number of aryl methyl sites for hydroxylation is 1. The zero-order chi connectivity index (χ0) is 13.3. The van der Waals surface area contributed by atoms with E-state index in [0.717, 1.165) is 28.3 Å². The second kappa shape index (κ2) is 4.53. The van der Waals surface area contributed by atoms with Crippen molar-refractivity contribution in [3.05, 3.63) is 40.8 Å². The van der Waals surface area contributed by atoms with Gasteiger partial charge < -0.3 is 10.5 Å². The quantitative estimate of drug-likeness (QED) is 0.820. The second-order valence-corrected chi connectivity index (χ2v) is 4.65. The summed E-state index contributed by atoms with van der Waals surface area (Å²) in [7, 11) is 0. The zero-order valence-electron chi connectivity index (χ0n) is 9.41. The fraction of sp³-hybridized carbons (Fsp3) is 0.167. The van der Waals surface area contributed by atoms with E-state index >= 15 is 0 Å². The lowest BCUT2D eigenvalue weighted by molar-refractivity contribution is -0.137. The SMILES string of the molecule is Cc1cc(N)ccc1Oc1cc(C(F)(F)F)cs1. The molecule has 0 aliphatic carbocycles. The number of thiophene rings is 1. The summed E-state index contributed by atoms with van der Waals surface area (Å²) in [5, 5.41) is 1.23. The number of nitrogen functional groups attached to an aromatic ring is 1. The van der Waals surface area contributed by atoms with E-state index in [9.17, 15) is 13.2 Å². The molecule has 0 fully saturated rings. The van der Waals surface area contributed by atoms with Crippen LogP contribution in [0.25, 0.3) is 0 Å². The fourth-order valence-corrected chi connectivity index (χ4v) is 2.19. The van der Waals surface area contributed by atoms with Gasteiger partial charge in [-0.15, -0.1) is 11.3 Å². The highest BCUT2D eigenvalue weighted by Gasteiger charge is 2.32. The summed E-state index contributed by atoms with van der Waals surface area (Å²) in [5.74, 6) is 0.500. The van der Waals surface area contributed by atoms with E-state index in [1.54, 1.807) is 25.1 Å². The third kappa shape index (κ3) is 2.76. The molecule has 0 aliphatic heterocycles. The number of hydrogen-bond acceptors (Lipinski definition) is 3. The lowest BCUT2D eigenvalue weighted by Gasteiger charge is -2.07. The Hall–Kier alpha value is -1.69.